The van der Waals surface area contributed by atoms with Gasteiger partial charge in [0.1, 0.15) is 0 Å². The molecule has 146 valence electrons. The summed E-state index contributed by atoms with van der Waals surface area (Å²) in [5.74, 6) is -0.308. The molecule has 0 bridgehead atoms. The van der Waals surface area contributed by atoms with E-state index in [0.717, 1.165) is 43.4 Å². The molecule has 1 atom stereocenters. The molecule has 1 saturated carbocycles. The maximum absolute atomic E-state index is 13.0. The first-order valence-electron chi connectivity index (χ1n) is 9.51. The summed E-state index contributed by atoms with van der Waals surface area (Å²) >= 11 is 1.61. The molecule has 0 radical (unpaired) electrons. The van der Waals surface area contributed by atoms with Gasteiger partial charge in [0.15, 0.2) is 0 Å². The summed E-state index contributed by atoms with van der Waals surface area (Å²) < 4.78 is 29.1. The Morgan fingerprint density at radius 2 is 2.04 bits per heavy atom. The number of thiophene rings is 1. The average molecular weight is 400 g/mol. The maximum atomic E-state index is 13.0. The van der Waals surface area contributed by atoms with Gasteiger partial charge in [-0.2, -0.15) is 17.0 Å². The molecule has 0 spiro atoms. The summed E-state index contributed by atoms with van der Waals surface area (Å²) in [7, 11) is -1.80. The van der Waals surface area contributed by atoms with Crippen molar-refractivity contribution in [3.05, 3.63) is 22.4 Å². The molecule has 1 aliphatic heterocycles. The molecule has 2 fully saturated rings. The Balaban J connectivity index is 1.58. The lowest BCUT2D eigenvalue weighted by Crippen LogP contribution is -2.52. The highest BCUT2D eigenvalue weighted by atomic mass is 32.2. The van der Waals surface area contributed by atoms with Crippen LogP contribution in [0.2, 0.25) is 0 Å². The summed E-state index contributed by atoms with van der Waals surface area (Å²) in [6, 6.07) is 4.05. The van der Waals surface area contributed by atoms with Crippen molar-refractivity contribution in [3.8, 4) is 0 Å². The van der Waals surface area contributed by atoms with Crippen LogP contribution in [0.1, 0.15) is 49.8 Å². The van der Waals surface area contributed by atoms with Crippen LogP contribution in [0.4, 0.5) is 0 Å². The van der Waals surface area contributed by atoms with Crippen LogP contribution in [-0.4, -0.2) is 49.1 Å². The molecule has 1 N–H and O–H groups in total. The molecule has 1 amide bonds. The zero-order valence-electron chi connectivity index (χ0n) is 15.4. The lowest BCUT2D eigenvalue weighted by molar-refractivity contribution is -0.126. The Morgan fingerprint density at radius 1 is 1.27 bits per heavy atom. The molecular weight excluding hydrogens is 370 g/mol. The monoisotopic (exact) mass is 399 g/mol. The van der Waals surface area contributed by atoms with Crippen LogP contribution < -0.4 is 5.32 Å². The van der Waals surface area contributed by atoms with Gasteiger partial charge in [-0.05, 0) is 37.1 Å². The van der Waals surface area contributed by atoms with Crippen LogP contribution in [-0.2, 0) is 21.5 Å². The lowest BCUT2D eigenvalue weighted by atomic mass is 9.96. The molecular formula is C18H29N3O3S2. The van der Waals surface area contributed by atoms with Crippen molar-refractivity contribution in [2.45, 2.75) is 57.5 Å². The normalized spacial score (nSPS) is 23.2. The topological polar surface area (TPSA) is 69.7 Å². The third-order valence-corrected chi connectivity index (χ3v) is 8.44. The van der Waals surface area contributed by atoms with Gasteiger partial charge in [0.2, 0.25) is 5.91 Å². The van der Waals surface area contributed by atoms with E-state index < -0.39 is 10.2 Å². The largest absolute Gasteiger partial charge is 0.351 e. The van der Waals surface area contributed by atoms with Gasteiger partial charge in [-0.15, -0.1) is 11.3 Å². The van der Waals surface area contributed by atoms with Gasteiger partial charge in [0.05, 0.1) is 12.5 Å². The molecule has 2 heterocycles. The van der Waals surface area contributed by atoms with Crippen molar-refractivity contribution in [3.63, 3.8) is 0 Å². The van der Waals surface area contributed by atoms with Crippen molar-refractivity contribution >= 4 is 27.5 Å². The van der Waals surface area contributed by atoms with Gasteiger partial charge in [-0.1, -0.05) is 25.3 Å². The number of carbonyl (C=O) groups is 1. The smallest absolute Gasteiger partial charge is 0.281 e. The van der Waals surface area contributed by atoms with Gasteiger partial charge < -0.3 is 5.32 Å². The van der Waals surface area contributed by atoms with Gasteiger partial charge in [0.25, 0.3) is 10.2 Å². The van der Waals surface area contributed by atoms with Gasteiger partial charge in [-0.3, -0.25) is 4.79 Å². The first-order valence-corrected chi connectivity index (χ1v) is 11.8. The Morgan fingerprint density at radius 3 is 2.73 bits per heavy atom. The highest BCUT2D eigenvalue weighted by molar-refractivity contribution is 7.86. The Hall–Kier alpha value is -0.960. The summed E-state index contributed by atoms with van der Waals surface area (Å²) in [4.78, 5) is 13.6. The molecule has 8 heteroatoms. The molecule has 26 heavy (non-hydrogen) atoms. The van der Waals surface area contributed by atoms with E-state index in [-0.39, 0.29) is 24.4 Å². The molecule has 1 aromatic rings. The fourth-order valence-electron chi connectivity index (χ4n) is 3.91. The number of nitrogens with one attached hydrogen (secondary N) is 1. The van der Waals surface area contributed by atoms with Crippen LogP contribution in [0.3, 0.4) is 0 Å². The minimum Gasteiger partial charge on any atom is -0.351 e. The number of carbonyl (C=O) groups excluding carboxylic acids is 1. The number of hydrogen-bond donors (Lipinski definition) is 1. The molecule has 6 nitrogen and oxygen atoms in total. The predicted octanol–water partition coefficient (Wildman–Crippen LogP) is 2.59. The zero-order chi connectivity index (χ0) is 18.6. The predicted molar refractivity (Wildman–Crippen MR) is 104 cm³/mol. The van der Waals surface area contributed by atoms with Crippen LogP contribution >= 0.6 is 11.3 Å². The minimum atomic E-state index is -3.50. The van der Waals surface area contributed by atoms with E-state index in [1.165, 1.54) is 10.7 Å². The third kappa shape index (κ3) is 4.65. The van der Waals surface area contributed by atoms with E-state index >= 15 is 0 Å². The number of nitrogens with zero attached hydrogens (tertiary/aromatic N) is 2. The number of hydrogen-bond acceptors (Lipinski definition) is 4. The molecule has 1 aliphatic carbocycles. The molecule has 1 aromatic heterocycles. The van der Waals surface area contributed by atoms with Crippen LogP contribution in [0, 0.1) is 5.92 Å². The molecule has 2 aliphatic rings. The van der Waals surface area contributed by atoms with Gasteiger partial charge >= 0.3 is 0 Å². The average Bonchev–Trinajstić information content (AvgIpc) is 3.20. The Bertz CT molecular complexity index is 685. The summed E-state index contributed by atoms with van der Waals surface area (Å²) in [5, 5.41) is 4.94. The van der Waals surface area contributed by atoms with E-state index in [2.05, 4.69) is 5.32 Å². The lowest BCUT2D eigenvalue weighted by Gasteiger charge is -2.37. The fourth-order valence-corrected chi connectivity index (χ4v) is 6.24. The molecule has 3 rings (SSSR count). The first kappa shape index (κ1) is 19.8. The van der Waals surface area contributed by atoms with E-state index in [4.69, 9.17) is 0 Å². The standard InChI is InChI=1S/C18H29N3O3S2/c1-20(16-8-3-2-4-9-16)26(23,24)21-11-5-7-15(14-21)18(22)19-13-17-10-6-12-25-17/h6,10,12,15-16H,2-5,7-9,11,13-14H2,1H3,(H,19,22). The van der Waals surface area contributed by atoms with Crippen molar-refractivity contribution in [2.75, 3.05) is 20.1 Å². The molecule has 1 saturated heterocycles. The zero-order valence-corrected chi connectivity index (χ0v) is 17.0. The van der Waals surface area contributed by atoms with Crippen molar-refractivity contribution < 1.29 is 13.2 Å². The summed E-state index contributed by atoms with van der Waals surface area (Å²) in [5.41, 5.74) is 0. The second kappa shape index (κ2) is 8.82. The number of rotatable bonds is 6. The maximum Gasteiger partial charge on any atom is 0.281 e. The second-order valence-corrected chi connectivity index (χ2v) is 10.3. The second-order valence-electron chi connectivity index (χ2n) is 7.31. The number of amides is 1. The van der Waals surface area contributed by atoms with Crippen molar-refractivity contribution in [2.24, 2.45) is 5.92 Å². The first-order chi connectivity index (χ1) is 12.5. The van der Waals surface area contributed by atoms with Crippen LogP contribution in [0.25, 0.3) is 0 Å². The quantitative estimate of drug-likeness (QED) is 0.799. The van der Waals surface area contributed by atoms with Crippen LogP contribution in [0.15, 0.2) is 17.5 Å². The fraction of sp³-hybridized carbons (Fsp3) is 0.722. The van der Waals surface area contributed by atoms with E-state index in [1.54, 1.807) is 22.7 Å². The molecule has 0 aromatic carbocycles. The van der Waals surface area contributed by atoms with Crippen molar-refractivity contribution in [1.29, 1.82) is 0 Å². The van der Waals surface area contributed by atoms with Gasteiger partial charge in [0, 0.05) is 31.1 Å². The third-order valence-electron chi connectivity index (χ3n) is 5.55. The van der Waals surface area contributed by atoms with E-state index in [0.29, 0.717) is 13.1 Å². The van der Waals surface area contributed by atoms with E-state index in [1.807, 2.05) is 17.5 Å². The summed E-state index contributed by atoms with van der Waals surface area (Å²) in [6.07, 6.45) is 6.74. The van der Waals surface area contributed by atoms with Crippen LogP contribution in [0.5, 0.6) is 0 Å². The summed E-state index contributed by atoms with van der Waals surface area (Å²) in [6.45, 7) is 1.31. The SMILES string of the molecule is CN(C1CCCCC1)S(=O)(=O)N1CCCC(C(=O)NCc2cccs2)C1. The highest BCUT2D eigenvalue weighted by Gasteiger charge is 2.37. The Kier molecular flexibility index (Phi) is 6.71. The minimum absolute atomic E-state index is 0.0429. The Labute approximate surface area is 160 Å². The molecule has 1 unspecified atom stereocenters. The van der Waals surface area contributed by atoms with Crippen molar-refractivity contribution in [1.82, 2.24) is 13.9 Å². The van der Waals surface area contributed by atoms with E-state index in [9.17, 15) is 13.2 Å². The van der Waals surface area contributed by atoms with Gasteiger partial charge in [-0.25, -0.2) is 0 Å². The highest BCUT2D eigenvalue weighted by Crippen LogP contribution is 2.27. The number of piperidine rings is 1.